The number of nitrogens with zero attached hydrogens (tertiary/aromatic N) is 1. The van der Waals surface area contributed by atoms with Crippen LogP contribution in [0.5, 0.6) is 0 Å². The predicted molar refractivity (Wildman–Crippen MR) is 68.0 cm³/mol. The van der Waals surface area contributed by atoms with Gasteiger partial charge in [0.15, 0.2) is 0 Å². The number of pyridine rings is 1. The van der Waals surface area contributed by atoms with E-state index in [2.05, 4.69) is 4.98 Å². The summed E-state index contributed by atoms with van der Waals surface area (Å²) in [6.07, 6.45) is 0.757. The molecule has 96 valence electrons. The first-order valence-electron chi connectivity index (χ1n) is 5.78. The molecule has 0 fully saturated rings. The van der Waals surface area contributed by atoms with Crippen LogP contribution in [0, 0.1) is 13.8 Å². The molecule has 0 radical (unpaired) electrons. The molecule has 1 heterocycles. The van der Waals surface area contributed by atoms with Crippen molar-refractivity contribution >= 4 is 7.60 Å². The second-order valence-corrected chi connectivity index (χ2v) is 6.40. The first-order chi connectivity index (χ1) is 7.76. The van der Waals surface area contributed by atoms with Gasteiger partial charge in [-0.25, -0.2) is 0 Å². The van der Waals surface area contributed by atoms with Crippen LogP contribution in [-0.2, 0) is 9.72 Å². The van der Waals surface area contributed by atoms with E-state index in [1.165, 1.54) is 0 Å². The largest absolute Gasteiger partial charge is 0.337 e. The second kappa shape index (κ2) is 4.89. The summed E-state index contributed by atoms with van der Waals surface area (Å²) >= 11 is 0. The predicted octanol–water partition coefficient (Wildman–Crippen LogP) is 2.89. The molecule has 17 heavy (non-hydrogen) atoms. The lowest BCUT2D eigenvalue weighted by Gasteiger charge is -2.32. The zero-order valence-electron chi connectivity index (χ0n) is 10.8. The summed E-state index contributed by atoms with van der Waals surface area (Å²) in [4.78, 5) is 23.6. The maximum absolute atomic E-state index is 11.8. The molecule has 0 aromatic carbocycles. The second-order valence-electron chi connectivity index (χ2n) is 4.45. The van der Waals surface area contributed by atoms with Gasteiger partial charge in [0.1, 0.15) is 5.16 Å². The van der Waals surface area contributed by atoms with Crippen molar-refractivity contribution in [2.75, 3.05) is 0 Å². The lowest BCUT2D eigenvalue weighted by molar-refractivity contribution is 0.312. The van der Waals surface area contributed by atoms with E-state index in [4.69, 9.17) is 0 Å². The van der Waals surface area contributed by atoms with E-state index in [9.17, 15) is 14.4 Å². The molecule has 1 rings (SSSR count). The summed E-state index contributed by atoms with van der Waals surface area (Å²) in [7, 11) is -4.23. The highest BCUT2D eigenvalue weighted by atomic mass is 31.2. The minimum Gasteiger partial charge on any atom is -0.324 e. The Hall–Kier alpha value is -0.700. The number of rotatable bonds is 4. The van der Waals surface area contributed by atoms with Crippen molar-refractivity contribution in [2.24, 2.45) is 0 Å². The van der Waals surface area contributed by atoms with E-state index >= 15 is 0 Å². The van der Waals surface area contributed by atoms with Gasteiger partial charge in [0.25, 0.3) is 0 Å². The van der Waals surface area contributed by atoms with Gasteiger partial charge >= 0.3 is 7.60 Å². The van der Waals surface area contributed by atoms with E-state index in [0.29, 0.717) is 18.5 Å². The zero-order valence-corrected chi connectivity index (χ0v) is 11.7. The molecule has 0 saturated heterocycles. The van der Waals surface area contributed by atoms with Crippen LogP contribution in [0.1, 0.15) is 43.6 Å². The smallest absolute Gasteiger partial charge is 0.324 e. The summed E-state index contributed by atoms with van der Waals surface area (Å²) in [6, 6.07) is 3.68. The monoisotopic (exact) mass is 257 g/mol. The fraction of sp³-hybridized carbons (Fsp3) is 0.583. The highest BCUT2D eigenvalue weighted by Crippen LogP contribution is 2.60. The molecule has 0 spiro atoms. The standard InChI is InChI=1S/C12H20NO3P/c1-5-12(6-2,17(14,15)16)11-8-9(3)7-10(4)13-11/h7-8H,5-6H2,1-4H3,(H2,14,15,16). The molecule has 0 aliphatic rings. The molecule has 0 saturated carbocycles. The maximum Gasteiger partial charge on any atom is 0.337 e. The van der Waals surface area contributed by atoms with Gasteiger partial charge in [-0.1, -0.05) is 13.8 Å². The topological polar surface area (TPSA) is 70.4 Å². The molecule has 5 heteroatoms. The number of hydrogen-bond acceptors (Lipinski definition) is 2. The fourth-order valence-electron chi connectivity index (χ4n) is 2.25. The third kappa shape index (κ3) is 2.59. The summed E-state index contributed by atoms with van der Waals surface area (Å²) in [5.41, 5.74) is 2.28. The van der Waals surface area contributed by atoms with Gasteiger partial charge in [-0.3, -0.25) is 9.55 Å². The third-order valence-corrected chi connectivity index (χ3v) is 5.28. The first-order valence-corrected chi connectivity index (χ1v) is 7.39. The van der Waals surface area contributed by atoms with Crippen LogP contribution < -0.4 is 0 Å². The molecule has 1 aromatic heterocycles. The molecule has 0 atom stereocenters. The Labute approximate surface area is 102 Å². The molecule has 1 aromatic rings. The molecule has 4 nitrogen and oxygen atoms in total. The first kappa shape index (κ1) is 14.4. The molecule has 0 aliphatic carbocycles. The molecule has 0 amide bonds. The Morgan fingerprint density at radius 1 is 1.24 bits per heavy atom. The van der Waals surface area contributed by atoms with Crippen molar-refractivity contribution in [3.05, 3.63) is 29.1 Å². The Bertz CT molecular complexity index is 429. The van der Waals surface area contributed by atoms with Gasteiger partial charge in [-0.2, -0.15) is 0 Å². The van der Waals surface area contributed by atoms with E-state index in [1.807, 2.05) is 19.9 Å². The SMILES string of the molecule is CCC(CC)(c1cc(C)cc(C)n1)P(=O)(O)O. The Morgan fingerprint density at radius 3 is 2.12 bits per heavy atom. The van der Waals surface area contributed by atoms with Gasteiger partial charge in [0.05, 0.1) is 5.69 Å². The van der Waals surface area contributed by atoms with Gasteiger partial charge < -0.3 is 9.79 Å². The normalized spacial score (nSPS) is 12.8. The van der Waals surface area contributed by atoms with Crippen molar-refractivity contribution in [1.82, 2.24) is 4.98 Å². The summed E-state index contributed by atoms with van der Waals surface area (Å²) in [6.45, 7) is 7.34. The van der Waals surface area contributed by atoms with Crippen molar-refractivity contribution in [2.45, 2.75) is 45.7 Å². The highest BCUT2D eigenvalue weighted by molar-refractivity contribution is 7.53. The lowest BCUT2D eigenvalue weighted by atomic mass is 9.96. The maximum atomic E-state index is 11.8. The van der Waals surface area contributed by atoms with E-state index < -0.39 is 12.8 Å². The Morgan fingerprint density at radius 2 is 1.76 bits per heavy atom. The minimum absolute atomic E-state index is 0.379. The average Bonchev–Trinajstić information content (AvgIpc) is 2.16. The van der Waals surface area contributed by atoms with Gasteiger partial charge in [0.2, 0.25) is 0 Å². The van der Waals surface area contributed by atoms with Crippen molar-refractivity contribution < 1.29 is 14.4 Å². The molecular formula is C12H20NO3P. The minimum atomic E-state index is -4.23. The van der Waals surface area contributed by atoms with Crippen molar-refractivity contribution in [3.63, 3.8) is 0 Å². The van der Waals surface area contributed by atoms with Crippen LogP contribution in [0.3, 0.4) is 0 Å². The number of aromatic nitrogens is 1. The van der Waals surface area contributed by atoms with Crippen LogP contribution in [-0.4, -0.2) is 14.8 Å². The molecule has 0 bridgehead atoms. The van der Waals surface area contributed by atoms with Gasteiger partial charge in [-0.05, 0) is 44.4 Å². The fourth-order valence-corrected chi connectivity index (χ4v) is 3.49. The average molecular weight is 257 g/mol. The molecule has 0 unspecified atom stereocenters. The lowest BCUT2D eigenvalue weighted by Crippen LogP contribution is -2.26. The van der Waals surface area contributed by atoms with Crippen molar-refractivity contribution in [3.8, 4) is 0 Å². The summed E-state index contributed by atoms with van der Waals surface area (Å²) < 4.78 is 11.8. The Balaban J connectivity index is 3.47. The molecule has 0 aliphatic heterocycles. The van der Waals surface area contributed by atoms with E-state index in [-0.39, 0.29) is 0 Å². The quantitative estimate of drug-likeness (QED) is 0.814. The molecule has 2 N–H and O–H groups in total. The number of hydrogen-bond donors (Lipinski definition) is 2. The van der Waals surface area contributed by atoms with Crippen LogP contribution >= 0.6 is 7.60 Å². The van der Waals surface area contributed by atoms with Crippen molar-refractivity contribution in [1.29, 1.82) is 0 Å². The number of aryl methyl sites for hydroxylation is 2. The van der Waals surface area contributed by atoms with E-state index in [1.54, 1.807) is 19.9 Å². The van der Waals surface area contributed by atoms with E-state index in [0.717, 1.165) is 11.3 Å². The summed E-state index contributed by atoms with van der Waals surface area (Å²) in [5, 5.41) is -1.15. The zero-order chi connectivity index (χ0) is 13.3. The summed E-state index contributed by atoms with van der Waals surface area (Å²) in [5.74, 6) is 0. The van der Waals surface area contributed by atoms with Crippen LogP contribution in [0.25, 0.3) is 0 Å². The molecular weight excluding hydrogens is 237 g/mol. The van der Waals surface area contributed by atoms with Crippen LogP contribution in [0.15, 0.2) is 12.1 Å². The Kier molecular flexibility index (Phi) is 4.13. The van der Waals surface area contributed by atoms with Crippen LogP contribution in [0.4, 0.5) is 0 Å². The highest BCUT2D eigenvalue weighted by Gasteiger charge is 2.46. The van der Waals surface area contributed by atoms with Gasteiger partial charge in [0, 0.05) is 5.69 Å². The third-order valence-electron chi connectivity index (χ3n) is 3.30. The van der Waals surface area contributed by atoms with Gasteiger partial charge in [-0.15, -0.1) is 0 Å². The van der Waals surface area contributed by atoms with Crippen LogP contribution in [0.2, 0.25) is 0 Å².